The number of aldehydes is 1. The molecule has 5 heteroatoms. The predicted octanol–water partition coefficient (Wildman–Crippen LogP) is 2.42. The average Bonchev–Trinajstić information content (AvgIpc) is 2.54. The summed E-state index contributed by atoms with van der Waals surface area (Å²) in [4.78, 5) is 14.9. The van der Waals surface area contributed by atoms with Crippen LogP contribution in [0.1, 0.15) is 22.0 Å². The number of fused-ring (bicyclic) bond motifs is 1. The minimum Gasteiger partial charge on any atom is -0.485 e. The minimum absolute atomic E-state index is 0.247. The molecule has 3 rings (SSSR count). The van der Waals surface area contributed by atoms with Gasteiger partial charge in [0.2, 0.25) is 5.88 Å². The highest BCUT2D eigenvalue weighted by Crippen LogP contribution is 2.36. The number of hydrogen-bond donors (Lipinski definition) is 0. The fourth-order valence-electron chi connectivity index (χ4n) is 2.03. The van der Waals surface area contributed by atoms with E-state index in [1.54, 1.807) is 37.6 Å². The summed E-state index contributed by atoms with van der Waals surface area (Å²) in [5.74, 6) is 1.77. The summed E-state index contributed by atoms with van der Waals surface area (Å²) in [5.41, 5.74) is 1.45. The van der Waals surface area contributed by atoms with E-state index in [0.717, 1.165) is 11.8 Å². The van der Waals surface area contributed by atoms with Gasteiger partial charge in [0.05, 0.1) is 7.11 Å². The van der Waals surface area contributed by atoms with Crippen molar-refractivity contribution < 1.29 is 19.0 Å². The van der Waals surface area contributed by atoms with E-state index in [0.29, 0.717) is 29.5 Å². The number of carbonyl (C=O) groups excluding carboxylic acids is 1. The first-order chi connectivity index (χ1) is 9.80. The van der Waals surface area contributed by atoms with Crippen molar-refractivity contribution in [3.05, 3.63) is 47.7 Å². The number of pyridine rings is 1. The lowest BCUT2D eigenvalue weighted by Crippen LogP contribution is -2.21. The van der Waals surface area contributed by atoms with Crippen LogP contribution < -0.4 is 14.2 Å². The predicted molar refractivity (Wildman–Crippen MR) is 71.5 cm³/mol. The summed E-state index contributed by atoms with van der Waals surface area (Å²) >= 11 is 0. The van der Waals surface area contributed by atoms with Gasteiger partial charge in [0.1, 0.15) is 12.9 Å². The highest BCUT2D eigenvalue weighted by atomic mass is 16.6. The van der Waals surface area contributed by atoms with E-state index in [2.05, 4.69) is 4.98 Å². The largest absolute Gasteiger partial charge is 0.485 e. The van der Waals surface area contributed by atoms with Gasteiger partial charge < -0.3 is 14.2 Å². The van der Waals surface area contributed by atoms with Gasteiger partial charge in [-0.1, -0.05) is 0 Å². The molecule has 1 unspecified atom stereocenters. The molecule has 0 spiro atoms. The standard InChI is InChI=1S/C15H13NO4/c1-18-15-5-3-11(7-16-15)14-9-19-12-4-2-10(8-17)6-13(12)20-14/h2-8,14H,9H2,1H3. The monoisotopic (exact) mass is 271 g/mol. The number of benzene rings is 1. The zero-order chi connectivity index (χ0) is 13.9. The van der Waals surface area contributed by atoms with Gasteiger partial charge >= 0.3 is 0 Å². The van der Waals surface area contributed by atoms with E-state index in [4.69, 9.17) is 14.2 Å². The smallest absolute Gasteiger partial charge is 0.212 e. The maximum atomic E-state index is 10.8. The second-order valence-electron chi connectivity index (χ2n) is 4.38. The summed E-state index contributed by atoms with van der Waals surface area (Å²) in [7, 11) is 1.57. The molecule has 1 atom stereocenters. The van der Waals surface area contributed by atoms with Crippen LogP contribution in [0.5, 0.6) is 17.4 Å². The van der Waals surface area contributed by atoms with Crippen LogP contribution in [-0.2, 0) is 0 Å². The molecule has 0 fully saturated rings. The fraction of sp³-hybridized carbons (Fsp3) is 0.200. The molecule has 0 bridgehead atoms. The number of hydrogen-bond acceptors (Lipinski definition) is 5. The maximum absolute atomic E-state index is 10.8. The average molecular weight is 271 g/mol. The van der Waals surface area contributed by atoms with Gasteiger partial charge in [-0.05, 0) is 24.3 Å². The van der Waals surface area contributed by atoms with Gasteiger partial charge in [-0.3, -0.25) is 4.79 Å². The summed E-state index contributed by atoms with van der Waals surface area (Å²) in [6.07, 6.45) is 2.23. The van der Waals surface area contributed by atoms with Crippen molar-refractivity contribution >= 4 is 6.29 Å². The Hall–Kier alpha value is -2.56. The second kappa shape index (κ2) is 5.21. The normalized spacial score (nSPS) is 16.6. The van der Waals surface area contributed by atoms with E-state index in [1.807, 2.05) is 6.07 Å². The highest BCUT2D eigenvalue weighted by molar-refractivity contribution is 5.76. The third-order valence-corrected chi connectivity index (χ3v) is 3.10. The lowest BCUT2D eigenvalue weighted by molar-refractivity contribution is 0.0906. The first kappa shape index (κ1) is 12.5. The molecule has 0 saturated heterocycles. The van der Waals surface area contributed by atoms with Gasteiger partial charge in [-0.2, -0.15) is 0 Å². The van der Waals surface area contributed by atoms with Crippen LogP contribution in [0.15, 0.2) is 36.5 Å². The van der Waals surface area contributed by atoms with Crippen LogP contribution in [-0.4, -0.2) is 25.0 Å². The molecule has 0 saturated carbocycles. The van der Waals surface area contributed by atoms with Crippen LogP contribution in [0.25, 0.3) is 0 Å². The van der Waals surface area contributed by atoms with Crippen molar-refractivity contribution in [3.8, 4) is 17.4 Å². The lowest BCUT2D eigenvalue weighted by atomic mass is 10.1. The van der Waals surface area contributed by atoms with E-state index < -0.39 is 0 Å². The number of rotatable bonds is 3. The Bertz CT molecular complexity index is 624. The van der Waals surface area contributed by atoms with E-state index >= 15 is 0 Å². The first-order valence-corrected chi connectivity index (χ1v) is 6.19. The third kappa shape index (κ3) is 2.30. The summed E-state index contributed by atoms with van der Waals surface area (Å²) in [6, 6.07) is 8.77. The van der Waals surface area contributed by atoms with Crippen molar-refractivity contribution in [2.75, 3.05) is 13.7 Å². The molecular formula is C15H13NO4. The number of ether oxygens (including phenoxy) is 3. The maximum Gasteiger partial charge on any atom is 0.212 e. The number of methoxy groups -OCH3 is 1. The first-order valence-electron chi connectivity index (χ1n) is 6.19. The molecule has 1 aliphatic rings. The fourth-order valence-corrected chi connectivity index (χ4v) is 2.03. The molecule has 2 heterocycles. The van der Waals surface area contributed by atoms with Gasteiger partial charge in [-0.15, -0.1) is 0 Å². The summed E-state index contributed by atoms with van der Waals surface area (Å²) in [6.45, 7) is 0.404. The number of nitrogens with zero attached hydrogens (tertiary/aromatic N) is 1. The number of carbonyl (C=O) groups is 1. The van der Waals surface area contributed by atoms with Crippen LogP contribution >= 0.6 is 0 Å². The van der Waals surface area contributed by atoms with Crippen molar-refractivity contribution in [3.63, 3.8) is 0 Å². The Balaban J connectivity index is 1.84. The van der Waals surface area contributed by atoms with Crippen LogP contribution in [0.4, 0.5) is 0 Å². The number of aromatic nitrogens is 1. The minimum atomic E-state index is -0.247. The topological polar surface area (TPSA) is 57.7 Å². The van der Waals surface area contributed by atoms with Crippen LogP contribution in [0.2, 0.25) is 0 Å². The molecule has 1 aromatic heterocycles. The molecule has 1 aliphatic heterocycles. The third-order valence-electron chi connectivity index (χ3n) is 3.10. The molecule has 1 aromatic carbocycles. The quantitative estimate of drug-likeness (QED) is 0.802. The van der Waals surface area contributed by atoms with Gasteiger partial charge in [0, 0.05) is 23.4 Å². The molecule has 0 N–H and O–H groups in total. The Morgan fingerprint density at radius 1 is 1.30 bits per heavy atom. The van der Waals surface area contributed by atoms with Crippen molar-refractivity contribution in [1.82, 2.24) is 4.98 Å². The SMILES string of the molecule is COc1ccc(C2COc3ccc(C=O)cc3O2)cn1. The van der Waals surface area contributed by atoms with Crippen molar-refractivity contribution in [2.24, 2.45) is 0 Å². The van der Waals surface area contributed by atoms with Crippen molar-refractivity contribution in [1.29, 1.82) is 0 Å². The lowest BCUT2D eigenvalue weighted by Gasteiger charge is -2.26. The molecule has 20 heavy (non-hydrogen) atoms. The highest BCUT2D eigenvalue weighted by Gasteiger charge is 2.23. The van der Waals surface area contributed by atoms with E-state index in [-0.39, 0.29) is 6.10 Å². The van der Waals surface area contributed by atoms with E-state index in [1.165, 1.54) is 0 Å². The van der Waals surface area contributed by atoms with E-state index in [9.17, 15) is 4.79 Å². The summed E-state index contributed by atoms with van der Waals surface area (Å²) < 4.78 is 16.5. The zero-order valence-electron chi connectivity index (χ0n) is 10.9. The molecule has 0 aliphatic carbocycles. The van der Waals surface area contributed by atoms with Crippen LogP contribution in [0.3, 0.4) is 0 Å². The van der Waals surface area contributed by atoms with Crippen LogP contribution in [0, 0.1) is 0 Å². The zero-order valence-corrected chi connectivity index (χ0v) is 10.9. The second-order valence-corrected chi connectivity index (χ2v) is 4.38. The molecule has 0 amide bonds. The Labute approximate surface area is 116 Å². The van der Waals surface area contributed by atoms with Gasteiger partial charge in [0.25, 0.3) is 0 Å². The van der Waals surface area contributed by atoms with Gasteiger partial charge in [-0.25, -0.2) is 4.98 Å². The molecule has 5 nitrogen and oxygen atoms in total. The Morgan fingerprint density at radius 2 is 2.20 bits per heavy atom. The van der Waals surface area contributed by atoms with Gasteiger partial charge in [0.15, 0.2) is 17.6 Å². The molecule has 102 valence electrons. The molecular weight excluding hydrogens is 258 g/mol. The molecule has 0 radical (unpaired) electrons. The Morgan fingerprint density at radius 3 is 2.90 bits per heavy atom. The van der Waals surface area contributed by atoms with Crippen molar-refractivity contribution in [2.45, 2.75) is 6.10 Å². The Kier molecular flexibility index (Phi) is 3.25. The summed E-state index contributed by atoms with van der Waals surface area (Å²) in [5, 5.41) is 0. The molecule has 2 aromatic rings.